The number of anilines is 1. The molecule has 102 valence electrons. The molecule has 1 aromatic carbocycles. The van der Waals surface area contributed by atoms with E-state index >= 15 is 0 Å². The van der Waals surface area contributed by atoms with E-state index in [2.05, 4.69) is 31.3 Å². The quantitative estimate of drug-likeness (QED) is 0.809. The number of nitrogen functional groups attached to an aromatic ring is 1. The molecule has 2 aromatic rings. The molecule has 3 N–H and O–H groups in total. The van der Waals surface area contributed by atoms with Crippen molar-refractivity contribution in [3.05, 3.63) is 53.5 Å². The molecule has 3 heteroatoms. The predicted molar refractivity (Wildman–Crippen MR) is 79.0 cm³/mol. The fourth-order valence-corrected chi connectivity index (χ4v) is 2.11. The van der Waals surface area contributed by atoms with Gasteiger partial charge < -0.3 is 15.5 Å². The Morgan fingerprint density at radius 2 is 1.79 bits per heavy atom. The van der Waals surface area contributed by atoms with Crippen molar-refractivity contribution in [3.8, 4) is 0 Å². The first kappa shape index (κ1) is 13.7. The van der Waals surface area contributed by atoms with Crippen molar-refractivity contribution in [2.45, 2.75) is 32.7 Å². The van der Waals surface area contributed by atoms with E-state index in [0.29, 0.717) is 0 Å². The van der Waals surface area contributed by atoms with Gasteiger partial charge in [-0.3, -0.25) is 0 Å². The number of benzene rings is 1. The monoisotopic (exact) mass is 258 g/mol. The molecule has 0 amide bonds. The molecule has 0 saturated carbocycles. The van der Waals surface area contributed by atoms with Gasteiger partial charge in [-0.2, -0.15) is 0 Å². The molecule has 0 radical (unpaired) electrons. The second-order valence-electron chi connectivity index (χ2n) is 5.62. The Morgan fingerprint density at radius 3 is 2.37 bits per heavy atom. The maximum atomic E-state index is 5.72. The highest BCUT2D eigenvalue weighted by Gasteiger charge is 2.19. The minimum atomic E-state index is 0.0648. The second kappa shape index (κ2) is 5.49. The Morgan fingerprint density at radius 1 is 1.11 bits per heavy atom. The van der Waals surface area contributed by atoms with Crippen LogP contribution in [0.1, 0.15) is 30.9 Å². The summed E-state index contributed by atoms with van der Waals surface area (Å²) in [5.74, 6) is 1.93. The third-order valence-corrected chi connectivity index (χ3v) is 3.35. The van der Waals surface area contributed by atoms with Gasteiger partial charge in [0.25, 0.3) is 0 Å². The molecule has 1 heterocycles. The Kier molecular flexibility index (Phi) is 3.96. The van der Waals surface area contributed by atoms with Gasteiger partial charge in [-0.1, -0.05) is 26.0 Å². The SMILES string of the molecule is Cc1ccc(CNCC(C)(C)c2ccc(N)cc2)o1. The predicted octanol–water partition coefficient (Wildman–Crippen LogP) is 3.24. The van der Waals surface area contributed by atoms with E-state index in [-0.39, 0.29) is 5.41 Å². The van der Waals surface area contributed by atoms with Crippen LogP contribution in [0.4, 0.5) is 5.69 Å². The van der Waals surface area contributed by atoms with Gasteiger partial charge in [0.1, 0.15) is 11.5 Å². The molecule has 0 aliphatic heterocycles. The van der Waals surface area contributed by atoms with Crippen molar-refractivity contribution >= 4 is 5.69 Å². The zero-order chi connectivity index (χ0) is 13.9. The molecular weight excluding hydrogens is 236 g/mol. The van der Waals surface area contributed by atoms with Crippen molar-refractivity contribution in [1.29, 1.82) is 0 Å². The van der Waals surface area contributed by atoms with Crippen molar-refractivity contribution in [1.82, 2.24) is 5.32 Å². The number of nitrogens with two attached hydrogens (primary N) is 1. The summed E-state index contributed by atoms with van der Waals surface area (Å²) in [5.41, 5.74) is 7.87. The van der Waals surface area contributed by atoms with Gasteiger partial charge in [0.15, 0.2) is 0 Å². The van der Waals surface area contributed by atoms with Crippen LogP contribution in [0, 0.1) is 6.92 Å². The molecule has 0 unspecified atom stereocenters. The largest absolute Gasteiger partial charge is 0.465 e. The molecule has 0 fully saturated rings. The molecule has 0 atom stereocenters. The Hall–Kier alpha value is -1.74. The van der Waals surface area contributed by atoms with Crippen LogP contribution in [0.3, 0.4) is 0 Å². The molecule has 0 aliphatic carbocycles. The number of nitrogens with one attached hydrogen (secondary N) is 1. The number of aryl methyl sites for hydroxylation is 1. The molecular formula is C16H22N2O. The number of hydrogen-bond donors (Lipinski definition) is 2. The van der Waals surface area contributed by atoms with E-state index < -0.39 is 0 Å². The summed E-state index contributed by atoms with van der Waals surface area (Å²) in [4.78, 5) is 0. The summed E-state index contributed by atoms with van der Waals surface area (Å²) in [6.07, 6.45) is 0. The Balaban J connectivity index is 1.92. The summed E-state index contributed by atoms with van der Waals surface area (Å²) < 4.78 is 5.54. The minimum absolute atomic E-state index is 0.0648. The fraction of sp³-hybridized carbons (Fsp3) is 0.375. The first-order valence-electron chi connectivity index (χ1n) is 6.59. The molecule has 1 aromatic heterocycles. The van der Waals surface area contributed by atoms with Gasteiger partial charge in [-0.15, -0.1) is 0 Å². The maximum absolute atomic E-state index is 5.72. The van der Waals surface area contributed by atoms with Crippen molar-refractivity contribution in [3.63, 3.8) is 0 Å². The van der Waals surface area contributed by atoms with Gasteiger partial charge in [0.05, 0.1) is 6.54 Å². The Labute approximate surface area is 114 Å². The van der Waals surface area contributed by atoms with Crippen LogP contribution in [0.5, 0.6) is 0 Å². The first-order chi connectivity index (χ1) is 8.97. The van der Waals surface area contributed by atoms with E-state index in [4.69, 9.17) is 10.2 Å². The zero-order valence-electron chi connectivity index (χ0n) is 11.9. The smallest absolute Gasteiger partial charge is 0.117 e. The number of furan rings is 1. The van der Waals surface area contributed by atoms with Gasteiger partial charge in [0, 0.05) is 17.6 Å². The molecule has 3 nitrogen and oxygen atoms in total. The van der Waals surface area contributed by atoms with Crippen LogP contribution >= 0.6 is 0 Å². The second-order valence-corrected chi connectivity index (χ2v) is 5.62. The summed E-state index contributed by atoms with van der Waals surface area (Å²) in [6, 6.07) is 12.1. The summed E-state index contributed by atoms with van der Waals surface area (Å²) in [5, 5.41) is 3.44. The average Bonchev–Trinajstić information content (AvgIpc) is 2.75. The topological polar surface area (TPSA) is 51.2 Å². The zero-order valence-corrected chi connectivity index (χ0v) is 11.9. The van der Waals surface area contributed by atoms with Gasteiger partial charge in [-0.25, -0.2) is 0 Å². The molecule has 0 saturated heterocycles. The van der Waals surface area contributed by atoms with E-state index in [1.54, 1.807) is 0 Å². The van der Waals surface area contributed by atoms with Gasteiger partial charge in [-0.05, 0) is 36.8 Å². The minimum Gasteiger partial charge on any atom is -0.465 e. The van der Waals surface area contributed by atoms with Crippen LogP contribution in [0.2, 0.25) is 0 Å². The molecule has 0 bridgehead atoms. The third kappa shape index (κ3) is 3.61. The standard InChI is InChI=1S/C16H22N2O/c1-12-4-9-15(19-12)10-18-11-16(2,3)13-5-7-14(17)8-6-13/h4-9,18H,10-11,17H2,1-3H3. The average molecular weight is 258 g/mol. The first-order valence-corrected chi connectivity index (χ1v) is 6.59. The maximum Gasteiger partial charge on any atom is 0.117 e. The van der Waals surface area contributed by atoms with E-state index in [0.717, 1.165) is 30.3 Å². The van der Waals surface area contributed by atoms with Crippen LogP contribution < -0.4 is 11.1 Å². The lowest BCUT2D eigenvalue weighted by Gasteiger charge is -2.25. The molecule has 0 spiro atoms. The summed E-state index contributed by atoms with van der Waals surface area (Å²) in [7, 11) is 0. The highest BCUT2D eigenvalue weighted by atomic mass is 16.3. The van der Waals surface area contributed by atoms with Crippen molar-refractivity contribution in [2.75, 3.05) is 12.3 Å². The molecule has 0 aliphatic rings. The van der Waals surface area contributed by atoms with Gasteiger partial charge >= 0.3 is 0 Å². The van der Waals surface area contributed by atoms with Gasteiger partial charge in [0.2, 0.25) is 0 Å². The van der Waals surface area contributed by atoms with Crippen LogP contribution in [0.25, 0.3) is 0 Å². The van der Waals surface area contributed by atoms with E-state index in [9.17, 15) is 0 Å². The van der Waals surface area contributed by atoms with Crippen molar-refractivity contribution in [2.24, 2.45) is 0 Å². The molecule has 19 heavy (non-hydrogen) atoms. The van der Waals surface area contributed by atoms with Crippen LogP contribution in [-0.4, -0.2) is 6.54 Å². The number of hydrogen-bond acceptors (Lipinski definition) is 3. The molecule has 2 rings (SSSR count). The summed E-state index contributed by atoms with van der Waals surface area (Å²) in [6.45, 7) is 8.04. The number of rotatable bonds is 5. The van der Waals surface area contributed by atoms with Crippen LogP contribution in [-0.2, 0) is 12.0 Å². The van der Waals surface area contributed by atoms with E-state index in [1.165, 1.54) is 5.56 Å². The highest BCUT2D eigenvalue weighted by Crippen LogP contribution is 2.23. The summed E-state index contributed by atoms with van der Waals surface area (Å²) >= 11 is 0. The lowest BCUT2D eigenvalue weighted by atomic mass is 9.84. The van der Waals surface area contributed by atoms with Crippen LogP contribution in [0.15, 0.2) is 40.8 Å². The van der Waals surface area contributed by atoms with Crippen molar-refractivity contribution < 1.29 is 4.42 Å². The lowest BCUT2D eigenvalue weighted by Crippen LogP contribution is -2.32. The Bertz CT molecular complexity index is 526. The fourth-order valence-electron chi connectivity index (χ4n) is 2.11. The lowest BCUT2D eigenvalue weighted by molar-refractivity contribution is 0.424. The highest BCUT2D eigenvalue weighted by molar-refractivity contribution is 5.41. The van der Waals surface area contributed by atoms with E-state index in [1.807, 2.05) is 31.2 Å². The third-order valence-electron chi connectivity index (χ3n) is 3.35. The normalized spacial score (nSPS) is 11.7.